The van der Waals surface area contributed by atoms with E-state index in [0.717, 1.165) is 10.6 Å². The summed E-state index contributed by atoms with van der Waals surface area (Å²) in [5.41, 5.74) is -0.786. The van der Waals surface area contributed by atoms with Gasteiger partial charge in [-0.3, -0.25) is 9.59 Å². The van der Waals surface area contributed by atoms with Crippen molar-refractivity contribution in [3.63, 3.8) is 0 Å². The van der Waals surface area contributed by atoms with Gasteiger partial charge in [-0.05, 0) is 43.5 Å². The minimum Gasteiger partial charge on any atom is -0.492 e. The largest absolute Gasteiger partial charge is 0.492 e. The van der Waals surface area contributed by atoms with Gasteiger partial charge in [-0.2, -0.15) is 5.10 Å². The van der Waals surface area contributed by atoms with Crippen molar-refractivity contribution in [1.29, 1.82) is 0 Å². The molecular weight excluding hydrogens is 362 g/mol. The van der Waals surface area contributed by atoms with Gasteiger partial charge in [0, 0.05) is 6.07 Å². The molecule has 0 saturated heterocycles. The third kappa shape index (κ3) is 4.43. The number of ether oxygens (including phenoxy) is 1. The van der Waals surface area contributed by atoms with Crippen LogP contribution in [0.2, 0.25) is 0 Å². The molecule has 3 aromatic rings. The van der Waals surface area contributed by atoms with Crippen LogP contribution >= 0.6 is 11.3 Å². The number of rotatable bonds is 7. The first-order valence-corrected chi connectivity index (χ1v) is 9.47. The molecule has 6 nitrogen and oxygen atoms in total. The van der Waals surface area contributed by atoms with Crippen LogP contribution in [0.15, 0.2) is 64.8 Å². The van der Waals surface area contributed by atoms with E-state index in [1.165, 1.54) is 22.1 Å². The Balaban J connectivity index is 1.67. The average molecular weight is 383 g/mol. The monoisotopic (exact) mass is 383 g/mol. The van der Waals surface area contributed by atoms with E-state index in [1.54, 1.807) is 19.9 Å². The molecule has 0 bridgehead atoms. The molecule has 7 heteroatoms. The Morgan fingerprint density at radius 2 is 1.93 bits per heavy atom. The van der Waals surface area contributed by atoms with Crippen LogP contribution in [0.4, 0.5) is 0 Å². The quantitative estimate of drug-likeness (QED) is 0.637. The van der Waals surface area contributed by atoms with Gasteiger partial charge in [0.15, 0.2) is 0 Å². The SMILES string of the molecule is CC(C)(C(=O)NCCOc1ccccc1)n1nc(-c2cccs2)ccc1=O. The maximum Gasteiger partial charge on any atom is 0.267 e. The maximum absolute atomic E-state index is 12.7. The summed E-state index contributed by atoms with van der Waals surface area (Å²) in [4.78, 5) is 25.9. The van der Waals surface area contributed by atoms with Crippen molar-refractivity contribution >= 4 is 17.2 Å². The summed E-state index contributed by atoms with van der Waals surface area (Å²) < 4.78 is 6.80. The minimum atomic E-state index is -1.13. The first-order chi connectivity index (χ1) is 13.0. The van der Waals surface area contributed by atoms with Gasteiger partial charge < -0.3 is 10.1 Å². The highest BCUT2D eigenvalue weighted by molar-refractivity contribution is 7.13. The van der Waals surface area contributed by atoms with Gasteiger partial charge in [-0.15, -0.1) is 11.3 Å². The average Bonchev–Trinajstić information content (AvgIpc) is 3.21. The zero-order chi connectivity index (χ0) is 19.3. The molecule has 2 heterocycles. The molecule has 1 amide bonds. The fourth-order valence-electron chi connectivity index (χ4n) is 2.53. The molecular formula is C20H21N3O3S. The Kier molecular flexibility index (Phi) is 5.71. The van der Waals surface area contributed by atoms with Crippen LogP contribution in [0.1, 0.15) is 13.8 Å². The molecule has 1 aromatic carbocycles. The molecule has 0 saturated carbocycles. The Hall–Kier alpha value is -2.93. The van der Waals surface area contributed by atoms with Gasteiger partial charge in [0.25, 0.3) is 5.56 Å². The van der Waals surface area contributed by atoms with Crippen LogP contribution < -0.4 is 15.6 Å². The van der Waals surface area contributed by atoms with Gasteiger partial charge in [-0.25, -0.2) is 4.68 Å². The van der Waals surface area contributed by atoms with Crippen LogP contribution in [-0.4, -0.2) is 28.8 Å². The van der Waals surface area contributed by atoms with E-state index in [-0.39, 0.29) is 11.5 Å². The first-order valence-electron chi connectivity index (χ1n) is 8.59. The number of aromatic nitrogens is 2. The Bertz CT molecular complexity index is 950. The molecule has 3 rings (SSSR count). The van der Waals surface area contributed by atoms with Crippen LogP contribution in [0.5, 0.6) is 5.75 Å². The molecule has 140 valence electrons. The lowest BCUT2D eigenvalue weighted by molar-refractivity contribution is -0.129. The van der Waals surface area contributed by atoms with E-state index in [0.29, 0.717) is 18.8 Å². The highest BCUT2D eigenvalue weighted by Crippen LogP contribution is 2.22. The van der Waals surface area contributed by atoms with Crippen molar-refractivity contribution in [3.8, 4) is 16.3 Å². The lowest BCUT2D eigenvalue weighted by Crippen LogP contribution is -2.50. The number of carbonyl (C=O) groups is 1. The fraction of sp³-hybridized carbons (Fsp3) is 0.250. The topological polar surface area (TPSA) is 73.2 Å². The molecule has 0 aliphatic rings. The molecule has 0 fully saturated rings. The van der Waals surface area contributed by atoms with Gasteiger partial charge >= 0.3 is 0 Å². The highest BCUT2D eigenvalue weighted by Gasteiger charge is 2.32. The molecule has 0 radical (unpaired) electrons. The summed E-state index contributed by atoms with van der Waals surface area (Å²) >= 11 is 1.53. The second kappa shape index (κ2) is 8.18. The molecule has 2 aromatic heterocycles. The standard InChI is InChI=1S/C20H21N3O3S/c1-20(2,19(25)21-12-13-26-15-7-4-3-5-8-15)23-18(24)11-10-16(22-23)17-9-6-14-27-17/h3-11,14H,12-13H2,1-2H3,(H,21,25). The second-order valence-corrected chi connectivity index (χ2v) is 7.37. The number of carbonyl (C=O) groups excluding carboxylic acids is 1. The predicted molar refractivity (Wildman–Crippen MR) is 106 cm³/mol. The number of hydrogen-bond donors (Lipinski definition) is 1. The predicted octanol–water partition coefficient (Wildman–Crippen LogP) is 2.90. The number of benzene rings is 1. The van der Waals surface area contributed by atoms with Gasteiger partial charge in [0.05, 0.1) is 11.4 Å². The van der Waals surface area contributed by atoms with Crippen molar-refractivity contribution in [1.82, 2.24) is 15.1 Å². The summed E-state index contributed by atoms with van der Waals surface area (Å²) in [7, 11) is 0. The van der Waals surface area contributed by atoms with Crippen molar-refractivity contribution in [2.75, 3.05) is 13.2 Å². The van der Waals surface area contributed by atoms with Crippen molar-refractivity contribution in [3.05, 3.63) is 70.3 Å². The van der Waals surface area contributed by atoms with Crippen LogP contribution in [-0.2, 0) is 10.3 Å². The third-order valence-corrected chi connectivity index (χ3v) is 4.95. The van der Waals surface area contributed by atoms with E-state index >= 15 is 0 Å². The van der Waals surface area contributed by atoms with Crippen molar-refractivity contribution in [2.24, 2.45) is 0 Å². The van der Waals surface area contributed by atoms with Crippen molar-refractivity contribution < 1.29 is 9.53 Å². The summed E-state index contributed by atoms with van der Waals surface area (Å²) in [5.74, 6) is 0.449. The van der Waals surface area contributed by atoms with Crippen LogP contribution in [0.25, 0.3) is 10.6 Å². The molecule has 0 aliphatic heterocycles. The zero-order valence-corrected chi connectivity index (χ0v) is 16.0. The minimum absolute atomic E-state index is 0.294. The zero-order valence-electron chi connectivity index (χ0n) is 15.2. The van der Waals surface area contributed by atoms with Crippen LogP contribution in [0, 0.1) is 0 Å². The number of thiophene rings is 1. The van der Waals surface area contributed by atoms with E-state index in [1.807, 2.05) is 47.8 Å². The van der Waals surface area contributed by atoms with Crippen molar-refractivity contribution in [2.45, 2.75) is 19.4 Å². The lowest BCUT2D eigenvalue weighted by Gasteiger charge is -2.25. The molecule has 0 aliphatic carbocycles. The van der Waals surface area contributed by atoms with E-state index in [9.17, 15) is 9.59 Å². The molecule has 27 heavy (non-hydrogen) atoms. The van der Waals surface area contributed by atoms with Crippen LogP contribution in [0.3, 0.4) is 0 Å². The number of nitrogens with zero attached hydrogens (tertiary/aromatic N) is 2. The smallest absolute Gasteiger partial charge is 0.267 e. The number of para-hydroxylation sites is 1. The lowest BCUT2D eigenvalue weighted by atomic mass is 10.0. The Labute approximate surface area is 161 Å². The van der Waals surface area contributed by atoms with Gasteiger partial charge in [0.2, 0.25) is 5.91 Å². The molecule has 0 spiro atoms. The summed E-state index contributed by atoms with van der Waals surface area (Å²) in [5, 5.41) is 9.16. The first kappa shape index (κ1) is 18.8. The maximum atomic E-state index is 12.7. The fourth-order valence-corrected chi connectivity index (χ4v) is 3.22. The normalized spacial score (nSPS) is 11.2. The van der Waals surface area contributed by atoms with E-state index in [2.05, 4.69) is 10.4 Å². The van der Waals surface area contributed by atoms with Gasteiger partial charge in [-0.1, -0.05) is 24.3 Å². The summed E-state index contributed by atoms with van der Waals surface area (Å²) in [6.45, 7) is 4.01. The van der Waals surface area contributed by atoms with E-state index < -0.39 is 5.54 Å². The number of amides is 1. The highest BCUT2D eigenvalue weighted by atomic mass is 32.1. The molecule has 0 atom stereocenters. The Morgan fingerprint density at radius 3 is 2.63 bits per heavy atom. The molecule has 1 N–H and O–H groups in total. The molecule has 0 unspecified atom stereocenters. The number of hydrogen-bond acceptors (Lipinski definition) is 5. The van der Waals surface area contributed by atoms with Gasteiger partial charge in [0.1, 0.15) is 23.6 Å². The second-order valence-electron chi connectivity index (χ2n) is 6.42. The third-order valence-electron chi connectivity index (χ3n) is 4.06. The van der Waals surface area contributed by atoms with E-state index in [4.69, 9.17) is 4.74 Å². The summed E-state index contributed by atoms with van der Waals surface area (Å²) in [6.07, 6.45) is 0. The Morgan fingerprint density at radius 1 is 1.15 bits per heavy atom. The number of nitrogens with one attached hydrogen (secondary N) is 1. The summed E-state index contributed by atoms with van der Waals surface area (Å²) in [6, 6.07) is 16.3.